The van der Waals surface area contributed by atoms with Gasteiger partial charge in [-0.05, 0) is 48.2 Å². The molecule has 0 saturated carbocycles. The van der Waals surface area contributed by atoms with Crippen LogP contribution in [-0.4, -0.2) is 52.7 Å². The number of rotatable bonds is 8. The van der Waals surface area contributed by atoms with E-state index >= 15 is 0 Å². The van der Waals surface area contributed by atoms with Crippen LogP contribution in [0.4, 0.5) is 11.6 Å². The summed E-state index contributed by atoms with van der Waals surface area (Å²) in [5.41, 5.74) is 5.26. The minimum Gasteiger partial charge on any atom is -0.378 e. The monoisotopic (exact) mass is 499 g/mol. The molecule has 1 aromatic heterocycles. The number of carbonyl (C=O) groups is 1. The van der Waals surface area contributed by atoms with Crippen LogP contribution in [0.3, 0.4) is 0 Å². The number of anilines is 2. The van der Waals surface area contributed by atoms with Crippen molar-refractivity contribution in [2.75, 3.05) is 42.3 Å². The lowest BCUT2D eigenvalue weighted by Crippen LogP contribution is -2.37. The van der Waals surface area contributed by atoms with E-state index in [2.05, 4.69) is 57.7 Å². The summed E-state index contributed by atoms with van der Waals surface area (Å²) in [6.07, 6.45) is 0.759. The number of amides is 1. The topological polar surface area (TPSA) is 72.3 Å². The molecule has 1 aliphatic heterocycles. The molecule has 0 unspecified atom stereocenters. The van der Waals surface area contributed by atoms with Crippen LogP contribution in [-0.2, 0) is 16.0 Å². The van der Waals surface area contributed by atoms with Crippen LogP contribution in [0.15, 0.2) is 84.0 Å². The summed E-state index contributed by atoms with van der Waals surface area (Å²) in [6, 6.07) is 26.5. The van der Waals surface area contributed by atoms with Crippen LogP contribution >= 0.6 is 11.8 Å². The number of benzene rings is 3. The Labute approximate surface area is 215 Å². The summed E-state index contributed by atoms with van der Waals surface area (Å²) in [5.74, 6) is 0.930. The van der Waals surface area contributed by atoms with Gasteiger partial charge >= 0.3 is 0 Å². The largest absolute Gasteiger partial charge is 0.378 e. The number of nitrogens with one attached hydrogen (secondary N) is 1. The maximum absolute atomic E-state index is 13.0. The van der Waals surface area contributed by atoms with E-state index in [0.717, 1.165) is 48.0 Å². The van der Waals surface area contributed by atoms with E-state index in [0.29, 0.717) is 18.4 Å². The molecule has 0 aliphatic carbocycles. The number of ether oxygens (including phenoxy) is 1. The number of aryl methyl sites for hydroxylation is 1. The van der Waals surface area contributed by atoms with Gasteiger partial charge in [0.15, 0.2) is 5.16 Å². The predicted molar refractivity (Wildman–Crippen MR) is 144 cm³/mol. The molecule has 184 valence electrons. The average Bonchev–Trinajstić information content (AvgIpc) is 3.34. The third kappa shape index (κ3) is 5.78. The molecule has 0 atom stereocenters. The quantitative estimate of drug-likeness (QED) is 0.353. The molecule has 1 fully saturated rings. The second-order valence-electron chi connectivity index (χ2n) is 8.71. The summed E-state index contributed by atoms with van der Waals surface area (Å²) in [6.45, 7) is 4.90. The standard InChI is InChI=1S/C28H29N5O2S/c1-21-8-7-12-24(18-21)33-27(32-14-16-35-17-15-32)30-31-28(33)36-20-26(34)29-25-13-6-5-11-23(25)19-22-9-3-2-4-10-22/h2-13,18H,14-17,19-20H2,1H3,(H,29,34). The third-order valence-corrected chi connectivity index (χ3v) is 6.96. The van der Waals surface area contributed by atoms with Gasteiger partial charge in [-0.15, -0.1) is 10.2 Å². The summed E-state index contributed by atoms with van der Waals surface area (Å²) in [5, 5.41) is 12.7. The molecule has 0 spiro atoms. The Morgan fingerprint density at radius 3 is 2.56 bits per heavy atom. The van der Waals surface area contributed by atoms with Crippen LogP contribution in [0.1, 0.15) is 16.7 Å². The SMILES string of the molecule is Cc1cccc(-n2c(SCC(=O)Nc3ccccc3Cc3ccccc3)nnc2N2CCOCC2)c1. The molecule has 8 heteroatoms. The van der Waals surface area contributed by atoms with Gasteiger partial charge in [-0.1, -0.05) is 72.4 Å². The van der Waals surface area contributed by atoms with Gasteiger partial charge in [0.05, 0.1) is 24.7 Å². The fraction of sp³-hybridized carbons (Fsp3) is 0.250. The van der Waals surface area contributed by atoms with Gasteiger partial charge < -0.3 is 15.0 Å². The highest BCUT2D eigenvalue weighted by molar-refractivity contribution is 7.99. The van der Waals surface area contributed by atoms with Crippen LogP contribution in [0.5, 0.6) is 0 Å². The molecule has 0 bridgehead atoms. The van der Waals surface area contributed by atoms with E-state index < -0.39 is 0 Å². The highest BCUT2D eigenvalue weighted by Gasteiger charge is 2.22. The zero-order chi connectivity index (χ0) is 24.7. The van der Waals surface area contributed by atoms with Crippen molar-refractivity contribution in [1.29, 1.82) is 0 Å². The highest BCUT2D eigenvalue weighted by atomic mass is 32.2. The van der Waals surface area contributed by atoms with E-state index in [1.165, 1.54) is 17.3 Å². The van der Waals surface area contributed by atoms with E-state index in [1.54, 1.807) is 0 Å². The van der Waals surface area contributed by atoms with Crippen molar-refractivity contribution < 1.29 is 9.53 Å². The Morgan fingerprint density at radius 1 is 0.972 bits per heavy atom. The van der Waals surface area contributed by atoms with Gasteiger partial charge in [-0.2, -0.15) is 0 Å². The zero-order valence-corrected chi connectivity index (χ0v) is 21.1. The number of hydrogen-bond acceptors (Lipinski definition) is 6. The number of aromatic nitrogens is 3. The van der Waals surface area contributed by atoms with Gasteiger partial charge in [0.2, 0.25) is 11.9 Å². The van der Waals surface area contributed by atoms with Crippen LogP contribution in [0.2, 0.25) is 0 Å². The van der Waals surface area contributed by atoms with E-state index in [9.17, 15) is 4.79 Å². The summed E-state index contributed by atoms with van der Waals surface area (Å²) < 4.78 is 7.56. The Balaban J connectivity index is 1.32. The van der Waals surface area contributed by atoms with E-state index in [4.69, 9.17) is 4.74 Å². The Morgan fingerprint density at radius 2 is 1.75 bits per heavy atom. The van der Waals surface area contributed by atoms with Gasteiger partial charge in [-0.25, -0.2) is 0 Å². The predicted octanol–water partition coefficient (Wildman–Crippen LogP) is 4.73. The lowest BCUT2D eigenvalue weighted by Gasteiger charge is -2.28. The van der Waals surface area contributed by atoms with E-state index in [1.807, 2.05) is 53.1 Å². The first-order valence-electron chi connectivity index (χ1n) is 12.1. The highest BCUT2D eigenvalue weighted by Crippen LogP contribution is 2.28. The molecule has 2 heterocycles. The van der Waals surface area contributed by atoms with Gasteiger partial charge in [0.25, 0.3) is 0 Å². The molecule has 5 rings (SSSR count). The zero-order valence-electron chi connectivity index (χ0n) is 20.3. The van der Waals surface area contributed by atoms with Crippen molar-refractivity contribution in [1.82, 2.24) is 14.8 Å². The molecule has 1 aliphatic rings. The maximum Gasteiger partial charge on any atom is 0.234 e. The molecule has 4 aromatic rings. The van der Waals surface area contributed by atoms with Gasteiger partial charge in [0, 0.05) is 18.8 Å². The number of morpholine rings is 1. The molecule has 1 saturated heterocycles. The second kappa shape index (κ2) is 11.4. The molecular weight excluding hydrogens is 470 g/mol. The van der Waals surface area contributed by atoms with Crippen molar-refractivity contribution in [3.63, 3.8) is 0 Å². The molecule has 3 aromatic carbocycles. The lowest BCUT2D eigenvalue weighted by atomic mass is 10.0. The Hall–Kier alpha value is -3.62. The number of thioether (sulfide) groups is 1. The first kappa shape index (κ1) is 24.1. The number of hydrogen-bond donors (Lipinski definition) is 1. The van der Waals surface area contributed by atoms with Crippen molar-refractivity contribution in [3.05, 3.63) is 95.6 Å². The minimum atomic E-state index is -0.0766. The van der Waals surface area contributed by atoms with Crippen molar-refractivity contribution >= 4 is 29.3 Å². The van der Waals surface area contributed by atoms with Gasteiger partial charge in [0.1, 0.15) is 0 Å². The van der Waals surface area contributed by atoms with E-state index in [-0.39, 0.29) is 11.7 Å². The Kier molecular flexibility index (Phi) is 7.64. The minimum absolute atomic E-state index is 0.0766. The third-order valence-electron chi connectivity index (χ3n) is 6.03. The number of nitrogens with zero attached hydrogens (tertiary/aromatic N) is 4. The summed E-state index contributed by atoms with van der Waals surface area (Å²) in [7, 11) is 0. The number of carbonyl (C=O) groups excluding carboxylic acids is 1. The van der Waals surface area contributed by atoms with Crippen LogP contribution in [0.25, 0.3) is 5.69 Å². The fourth-order valence-electron chi connectivity index (χ4n) is 4.25. The smallest absolute Gasteiger partial charge is 0.234 e. The van der Waals surface area contributed by atoms with Crippen molar-refractivity contribution in [2.45, 2.75) is 18.5 Å². The first-order chi connectivity index (χ1) is 17.7. The lowest BCUT2D eigenvalue weighted by molar-refractivity contribution is -0.113. The first-order valence-corrected chi connectivity index (χ1v) is 13.1. The van der Waals surface area contributed by atoms with Crippen LogP contribution < -0.4 is 10.2 Å². The molecule has 1 N–H and O–H groups in total. The molecule has 1 amide bonds. The molecule has 36 heavy (non-hydrogen) atoms. The van der Waals surface area contributed by atoms with Gasteiger partial charge in [-0.3, -0.25) is 9.36 Å². The Bertz CT molecular complexity index is 1320. The molecular formula is C28H29N5O2S. The molecule has 0 radical (unpaired) electrons. The van der Waals surface area contributed by atoms with Crippen molar-refractivity contribution in [3.8, 4) is 5.69 Å². The summed E-state index contributed by atoms with van der Waals surface area (Å²) in [4.78, 5) is 15.2. The summed E-state index contributed by atoms with van der Waals surface area (Å²) >= 11 is 1.39. The number of para-hydroxylation sites is 1. The maximum atomic E-state index is 13.0. The van der Waals surface area contributed by atoms with Crippen molar-refractivity contribution in [2.24, 2.45) is 0 Å². The normalized spacial score (nSPS) is 13.5. The molecule has 7 nitrogen and oxygen atoms in total. The van der Waals surface area contributed by atoms with Crippen LogP contribution in [0, 0.1) is 6.92 Å². The fourth-order valence-corrected chi connectivity index (χ4v) is 4.99. The average molecular weight is 500 g/mol. The second-order valence-corrected chi connectivity index (χ2v) is 9.66.